The molecule has 140 valence electrons. The van der Waals surface area contributed by atoms with Gasteiger partial charge in [-0.3, -0.25) is 9.69 Å². The Morgan fingerprint density at radius 2 is 2.04 bits per heavy atom. The molecular formula is C17H27N3O4S. The number of fused-ring (bicyclic) bond motifs is 1. The maximum Gasteiger partial charge on any atom is 0.276 e. The van der Waals surface area contributed by atoms with Crippen LogP contribution in [0, 0.1) is 12.8 Å². The van der Waals surface area contributed by atoms with Gasteiger partial charge in [-0.25, -0.2) is 8.42 Å². The first-order valence-corrected chi connectivity index (χ1v) is 10.7. The van der Waals surface area contributed by atoms with Gasteiger partial charge >= 0.3 is 0 Å². The zero-order valence-electron chi connectivity index (χ0n) is 15.1. The molecule has 8 heteroatoms. The number of rotatable bonds is 3. The third kappa shape index (κ3) is 3.89. The number of nitrogens with zero attached hydrogens (tertiary/aromatic N) is 3. The number of carbonyl (C=O) groups excluding carboxylic acids is 1. The molecule has 0 aliphatic carbocycles. The van der Waals surface area contributed by atoms with Crippen molar-refractivity contribution >= 4 is 15.7 Å². The van der Waals surface area contributed by atoms with Crippen LogP contribution in [0.1, 0.15) is 42.9 Å². The predicted octanol–water partition coefficient (Wildman–Crippen LogP) is 1.34. The fraction of sp³-hybridized carbons (Fsp3) is 0.765. The first-order valence-electron chi connectivity index (χ1n) is 8.96. The highest BCUT2D eigenvalue weighted by Gasteiger charge is 2.43. The van der Waals surface area contributed by atoms with Gasteiger partial charge in [0, 0.05) is 38.3 Å². The van der Waals surface area contributed by atoms with Crippen LogP contribution in [0.2, 0.25) is 0 Å². The van der Waals surface area contributed by atoms with E-state index < -0.39 is 9.84 Å². The Bertz CT molecular complexity index is 728. The van der Waals surface area contributed by atoms with Crippen LogP contribution in [0.3, 0.4) is 0 Å². The molecule has 25 heavy (non-hydrogen) atoms. The van der Waals surface area contributed by atoms with Crippen molar-refractivity contribution in [1.82, 2.24) is 15.0 Å². The molecule has 2 aliphatic heterocycles. The molecule has 0 radical (unpaired) electrons. The molecule has 0 unspecified atom stereocenters. The van der Waals surface area contributed by atoms with E-state index in [0.29, 0.717) is 49.8 Å². The Labute approximate surface area is 149 Å². The van der Waals surface area contributed by atoms with Crippen LogP contribution >= 0.6 is 0 Å². The summed E-state index contributed by atoms with van der Waals surface area (Å²) in [6.07, 6.45) is 1.17. The van der Waals surface area contributed by atoms with E-state index in [1.807, 2.05) is 0 Å². The molecule has 1 aromatic rings. The lowest BCUT2D eigenvalue weighted by molar-refractivity contribution is 0.0745. The van der Waals surface area contributed by atoms with E-state index in [-0.39, 0.29) is 23.0 Å². The standard InChI is InChI=1S/C17H27N3O4S/c1-12(2)11-20-8-9-25(22,23)16-5-7-19(6-4-15(16)20)17(21)14-10-13(3)24-18-14/h10,12,15-16H,4-9,11H2,1-3H3/t15-,16+/m0/s1. The molecule has 7 nitrogen and oxygen atoms in total. The molecule has 1 amide bonds. The Hall–Kier alpha value is -1.41. The lowest BCUT2D eigenvalue weighted by Gasteiger charge is -2.40. The molecule has 3 rings (SSSR count). The number of carbonyl (C=O) groups is 1. The molecule has 2 saturated heterocycles. The van der Waals surface area contributed by atoms with Crippen molar-refractivity contribution in [1.29, 1.82) is 0 Å². The average Bonchev–Trinajstić information content (AvgIpc) is 2.83. The molecule has 1 aromatic heterocycles. The fourth-order valence-corrected chi connectivity index (χ4v) is 6.03. The van der Waals surface area contributed by atoms with Crippen LogP contribution < -0.4 is 0 Å². The van der Waals surface area contributed by atoms with Crippen molar-refractivity contribution in [3.63, 3.8) is 0 Å². The van der Waals surface area contributed by atoms with Crippen LogP contribution in [0.4, 0.5) is 0 Å². The van der Waals surface area contributed by atoms with Gasteiger partial charge in [-0.1, -0.05) is 19.0 Å². The summed E-state index contributed by atoms with van der Waals surface area (Å²) in [6, 6.07) is 1.63. The Kier molecular flexibility index (Phi) is 5.20. The van der Waals surface area contributed by atoms with Crippen molar-refractivity contribution in [2.75, 3.05) is 31.9 Å². The third-order valence-electron chi connectivity index (χ3n) is 5.13. The second kappa shape index (κ2) is 7.07. The lowest BCUT2D eigenvalue weighted by Crippen LogP contribution is -2.55. The number of aryl methyl sites for hydroxylation is 1. The van der Waals surface area contributed by atoms with E-state index in [1.165, 1.54) is 0 Å². The van der Waals surface area contributed by atoms with Gasteiger partial charge < -0.3 is 9.42 Å². The van der Waals surface area contributed by atoms with E-state index in [4.69, 9.17) is 4.52 Å². The van der Waals surface area contributed by atoms with Gasteiger partial charge in [-0.2, -0.15) is 0 Å². The average molecular weight is 369 g/mol. The molecule has 0 N–H and O–H groups in total. The normalized spacial score (nSPS) is 27.1. The van der Waals surface area contributed by atoms with Crippen molar-refractivity contribution in [2.45, 2.75) is 44.9 Å². The zero-order valence-corrected chi connectivity index (χ0v) is 16.0. The summed E-state index contributed by atoms with van der Waals surface area (Å²) in [5.41, 5.74) is 0.296. The number of hydrogen-bond donors (Lipinski definition) is 0. The summed E-state index contributed by atoms with van der Waals surface area (Å²) >= 11 is 0. The van der Waals surface area contributed by atoms with Gasteiger partial charge in [0.25, 0.3) is 5.91 Å². The number of sulfone groups is 1. The highest BCUT2D eigenvalue weighted by atomic mass is 32.2. The minimum atomic E-state index is -3.10. The van der Waals surface area contributed by atoms with E-state index in [2.05, 4.69) is 23.9 Å². The minimum absolute atomic E-state index is 0.00186. The molecule has 2 aliphatic rings. The number of amides is 1. The first kappa shape index (κ1) is 18.4. The van der Waals surface area contributed by atoms with Crippen LogP contribution in [0.5, 0.6) is 0 Å². The maximum atomic E-state index is 12.6. The molecule has 0 aromatic carbocycles. The summed E-state index contributed by atoms with van der Waals surface area (Å²) < 4.78 is 30.2. The number of hydrogen-bond acceptors (Lipinski definition) is 6. The van der Waals surface area contributed by atoms with E-state index >= 15 is 0 Å². The van der Waals surface area contributed by atoms with E-state index in [9.17, 15) is 13.2 Å². The van der Waals surface area contributed by atoms with E-state index in [1.54, 1.807) is 17.9 Å². The Morgan fingerprint density at radius 3 is 2.68 bits per heavy atom. The van der Waals surface area contributed by atoms with Gasteiger partial charge in [-0.15, -0.1) is 0 Å². The highest BCUT2D eigenvalue weighted by Crippen LogP contribution is 2.29. The lowest BCUT2D eigenvalue weighted by atomic mass is 10.0. The van der Waals surface area contributed by atoms with Crippen molar-refractivity contribution in [3.8, 4) is 0 Å². The quantitative estimate of drug-likeness (QED) is 0.800. The summed E-state index contributed by atoms with van der Waals surface area (Å²) in [5.74, 6) is 1.12. The SMILES string of the molecule is Cc1cc(C(=O)N2CC[C@@H]3[C@H](CC2)N(CC(C)C)CCS3(=O)=O)no1. The molecule has 2 atom stereocenters. The molecule has 0 saturated carbocycles. The van der Waals surface area contributed by atoms with Crippen molar-refractivity contribution < 1.29 is 17.7 Å². The zero-order chi connectivity index (χ0) is 18.2. The minimum Gasteiger partial charge on any atom is -0.361 e. The van der Waals surface area contributed by atoms with Crippen molar-refractivity contribution in [2.24, 2.45) is 5.92 Å². The highest BCUT2D eigenvalue weighted by molar-refractivity contribution is 7.92. The summed E-state index contributed by atoms with van der Waals surface area (Å²) in [4.78, 5) is 16.7. The van der Waals surface area contributed by atoms with Crippen LogP contribution in [0.15, 0.2) is 10.6 Å². The summed E-state index contributed by atoms with van der Waals surface area (Å²) in [6.45, 7) is 8.54. The molecule has 3 heterocycles. The van der Waals surface area contributed by atoms with Gasteiger partial charge in [0.1, 0.15) is 5.76 Å². The molecule has 0 spiro atoms. The summed E-state index contributed by atoms with van der Waals surface area (Å²) in [5, 5.41) is 3.42. The van der Waals surface area contributed by atoms with Gasteiger partial charge in [-0.05, 0) is 25.7 Å². The smallest absolute Gasteiger partial charge is 0.276 e. The molecule has 2 fully saturated rings. The topological polar surface area (TPSA) is 83.7 Å². The van der Waals surface area contributed by atoms with E-state index in [0.717, 1.165) is 6.54 Å². The molecular weight excluding hydrogens is 342 g/mol. The second-order valence-corrected chi connectivity index (χ2v) is 9.89. The number of aromatic nitrogens is 1. The fourth-order valence-electron chi connectivity index (χ4n) is 3.99. The third-order valence-corrected chi connectivity index (χ3v) is 7.36. The van der Waals surface area contributed by atoms with Crippen LogP contribution in [0.25, 0.3) is 0 Å². The Balaban J connectivity index is 1.78. The van der Waals surface area contributed by atoms with Crippen LogP contribution in [-0.2, 0) is 9.84 Å². The van der Waals surface area contributed by atoms with Crippen LogP contribution in [-0.4, -0.2) is 72.5 Å². The van der Waals surface area contributed by atoms with Crippen molar-refractivity contribution in [3.05, 3.63) is 17.5 Å². The predicted molar refractivity (Wildman–Crippen MR) is 94.2 cm³/mol. The van der Waals surface area contributed by atoms with Gasteiger partial charge in [0.2, 0.25) is 0 Å². The Morgan fingerprint density at radius 1 is 1.32 bits per heavy atom. The molecule has 0 bridgehead atoms. The monoisotopic (exact) mass is 369 g/mol. The first-order chi connectivity index (χ1) is 11.8. The van der Waals surface area contributed by atoms with Gasteiger partial charge in [0.05, 0.1) is 11.0 Å². The summed E-state index contributed by atoms with van der Waals surface area (Å²) in [7, 11) is -3.10. The maximum absolute atomic E-state index is 12.6. The largest absolute Gasteiger partial charge is 0.361 e. The van der Waals surface area contributed by atoms with Gasteiger partial charge in [0.15, 0.2) is 15.5 Å². The number of likely N-dealkylation sites (tertiary alicyclic amines) is 1. The second-order valence-electron chi connectivity index (χ2n) is 7.55.